The van der Waals surface area contributed by atoms with Gasteiger partial charge in [-0.15, -0.1) is 0 Å². The number of hydrogen-bond acceptors (Lipinski definition) is 3. The minimum atomic E-state index is -0.735. The molecule has 2 N–H and O–H groups in total. The van der Waals surface area contributed by atoms with Crippen molar-refractivity contribution in [3.05, 3.63) is 29.6 Å². The third-order valence-corrected chi connectivity index (χ3v) is 3.91. The molecule has 0 radical (unpaired) electrons. The molecule has 116 valence electrons. The molecule has 1 saturated heterocycles. The van der Waals surface area contributed by atoms with Crippen molar-refractivity contribution < 1.29 is 9.18 Å². The van der Waals surface area contributed by atoms with Gasteiger partial charge in [-0.25, -0.2) is 4.39 Å². The van der Waals surface area contributed by atoms with Crippen molar-refractivity contribution in [3.8, 4) is 0 Å². The van der Waals surface area contributed by atoms with Gasteiger partial charge in [-0.2, -0.15) is 0 Å². The minimum absolute atomic E-state index is 0.0677. The van der Waals surface area contributed by atoms with E-state index >= 15 is 0 Å². The fraction of sp³-hybridized carbons (Fsp3) is 0.562. The number of carbonyl (C=O) groups is 1. The molecular weight excluding hydrogens is 269 g/mol. The Hall–Kier alpha value is -1.62. The summed E-state index contributed by atoms with van der Waals surface area (Å²) in [6, 6.07) is 5.25. The Bertz CT molecular complexity index is 516. The maximum Gasteiger partial charge on any atom is 0.245 e. The first-order chi connectivity index (χ1) is 9.96. The number of benzene rings is 1. The van der Waals surface area contributed by atoms with Crippen molar-refractivity contribution in [1.82, 2.24) is 10.6 Å². The van der Waals surface area contributed by atoms with E-state index in [-0.39, 0.29) is 11.7 Å². The van der Waals surface area contributed by atoms with Crippen molar-refractivity contribution in [2.45, 2.75) is 39.3 Å². The molecular formula is C16H24FN3O. The Labute approximate surface area is 125 Å². The second-order valence-corrected chi connectivity index (χ2v) is 5.93. The van der Waals surface area contributed by atoms with Crippen molar-refractivity contribution in [1.29, 1.82) is 0 Å². The lowest BCUT2D eigenvalue weighted by Gasteiger charge is -2.43. The van der Waals surface area contributed by atoms with E-state index in [1.54, 1.807) is 12.1 Å². The molecule has 2 rings (SSSR count). The van der Waals surface area contributed by atoms with E-state index in [1.165, 1.54) is 0 Å². The number of amides is 1. The van der Waals surface area contributed by atoms with Crippen LogP contribution in [0.1, 0.15) is 32.8 Å². The van der Waals surface area contributed by atoms with Crippen LogP contribution < -0.4 is 15.5 Å². The van der Waals surface area contributed by atoms with Gasteiger partial charge in [0.15, 0.2) is 0 Å². The molecule has 5 heteroatoms. The fourth-order valence-corrected chi connectivity index (χ4v) is 2.61. The van der Waals surface area contributed by atoms with Gasteiger partial charge in [0.05, 0.1) is 5.69 Å². The molecule has 0 aromatic heterocycles. The molecule has 1 fully saturated rings. The van der Waals surface area contributed by atoms with Crippen LogP contribution in [-0.2, 0) is 11.3 Å². The number of anilines is 1. The lowest BCUT2D eigenvalue weighted by molar-refractivity contribution is -0.126. The number of carbonyl (C=O) groups excluding carboxylic acids is 1. The van der Waals surface area contributed by atoms with E-state index in [4.69, 9.17) is 0 Å². The zero-order valence-electron chi connectivity index (χ0n) is 13.0. The number of rotatable bonds is 5. The van der Waals surface area contributed by atoms with Crippen LogP contribution in [-0.4, -0.2) is 31.1 Å². The fourth-order valence-electron chi connectivity index (χ4n) is 2.61. The highest BCUT2D eigenvalue weighted by Crippen LogP contribution is 2.29. The number of piperazine rings is 1. The Morgan fingerprint density at radius 1 is 1.43 bits per heavy atom. The quantitative estimate of drug-likeness (QED) is 0.817. The smallest absolute Gasteiger partial charge is 0.245 e. The molecule has 0 spiro atoms. The van der Waals surface area contributed by atoms with Gasteiger partial charge in [0.25, 0.3) is 0 Å². The van der Waals surface area contributed by atoms with Gasteiger partial charge in [0.1, 0.15) is 11.4 Å². The van der Waals surface area contributed by atoms with Gasteiger partial charge in [0.2, 0.25) is 5.91 Å². The second kappa shape index (κ2) is 6.43. The van der Waals surface area contributed by atoms with E-state index in [0.717, 1.165) is 18.5 Å². The SMILES string of the molecule is CCCNCc1ccc(N2CCNC(=O)C2(C)C)c(F)c1. The molecule has 1 aromatic carbocycles. The molecule has 1 aliphatic rings. The predicted molar refractivity (Wildman–Crippen MR) is 82.8 cm³/mol. The Balaban J connectivity index is 2.18. The first kappa shape index (κ1) is 15.8. The second-order valence-electron chi connectivity index (χ2n) is 5.93. The van der Waals surface area contributed by atoms with E-state index in [2.05, 4.69) is 17.6 Å². The third-order valence-electron chi connectivity index (χ3n) is 3.91. The summed E-state index contributed by atoms with van der Waals surface area (Å²) in [4.78, 5) is 13.8. The normalized spacial score (nSPS) is 17.7. The van der Waals surface area contributed by atoms with Crippen LogP contribution in [0.15, 0.2) is 18.2 Å². The lowest BCUT2D eigenvalue weighted by Crippen LogP contribution is -2.62. The van der Waals surface area contributed by atoms with Gasteiger partial charge in [-0.3, -0.25) is 4.79 Å². The first-order valence-corrected chi connectivity index (χ1v) is 7.52. The Kier molecular flexibility index (Phi) is 4.83. The van der Waals surface area contributed by atoms with Gasteiger partial charge < -0.3 is 15.5 Å². The van der Waals surface area contributed by atoms with Crippen LogP contribution in [0, 0.1) is 5.82 Å². The monoisotopic (exact) mass is 293 g/mol. The summed E-state index contributed by atoms with van der Waals surface area (Å²) in [7, 11) is 0. The van der Waals surface area contributed by atoms with Gasteiger partial charge in [-0.1, -0.05) is 13.0 Å². The van der Waals surface area contributed by atoms with Crippen LogP contribution in [0.25, 0.3) is 0 Å². The van der Waals surface area contributed by atoms with Crippen molar-refractivity contribution >= 4 is 11.6 Å². The van der Waals surface area contributed by atoms with Crippen LogP contribution in [0.5, 0.6) is 0 Å². The summed E-state index contributed by atoms with van der Waals surface area (Å²) in [6.07, 6.45) is 1.05. The van der Waals surface area contributed by atoms with Crippen molar-refractivity contribution in [3.63, 3.8) is 0 Å². The molecule has 1 aromatic rings. The van der Waals surface area contributed by atoms with Crippen LogP contribution in [0.3, 0.4) is 0 Å². The highest BCUT2D eigenvalue weighted by molar-refractivity contribution is 5.90. The zero-order valence-corrected chi connectivity index (χ0v) is 13.0. The average molecular weight is 293 g/mol. The minimum Gasteiger partial charge on any atom is -0.353 e. The van der Waals surface area contributed by atoms with Gasteiger partial charge >= 0.3 is 0 Å². The van der Waals surface area contributed by atoms with Crippen molar-refractivity contribution in [2.24, 2.45) is 0 Å². The predicted octanol–water partition coefficient (Wildman–Crippen LogP) is 2.04. The van der Waals surface area contributed by atoms with Crippen LogP contribution in [0.2, 0.25) is 0 Å². The lowest BCUT2D eigenvalue weighted by atomic mass is 9.97. The van der Waals surface area contributed by atoms with Crippen LogP contribution in [0.4, 0.5) is 10.1 Å². The van der Waals surface area contributed by atoms with Crippen LogP contribution >= 0.6 is 0 Å². The van der Waals surface area contributed by atoms with Crippen molar-refractivity contribution in [2.75, 3.05) is 24.5 Å². The summed E-state index contributed by atoms with van der Waals surface area (Å²) in [6.45, 7) is 8.47. The molecule has 0 bridgehead atoms. The summed E-state index contributed by atoms with van der Waals surface area (Å²) in [5.41, 5.74) is 0.680. The summed E-state index contributed by atoms with van der Waals surface area (Å²) < 4.78 is 14.4. The Morgan fingerprint density at radius 3 is 2.86 bits per heavy atom. The molecule has 0 aliphatic carbocycles. The standard InChI is InChI=1S/C16H24FN3O/c1-4-7-18-11-12-5-6-14(13(17)10-12)20-9-8-19-15(21)16(20,2)3/h5-6,10,18H,4,7-9,11H2,1-3H3,(H,19,21). The van der Waals surface area contributed by atoms with Gasteiger partial charge in [-0.05, 0) is 44.5 Å². The maximum absolute atomic E-state index is 14.4. The third kappa shape index (κ3) is 3.35. The average Bonchev–Trinajstić information content (AvgIpc) is 2.43. The first-order valence-electron chi connectivity index (χ1n) is 7.52. The molecule has 21 heavy (non-hydrogen) atoms. The molecule has 0 unspecified atom stereocenters. The maximum atomic E-state index is 14.4. The largest absolute Gasteiger partial charge is 0.353 e. The number of hydrogen-bond donors (Lipinski definition) is 2. The number of nitrogens with one attached hydrogen (secondary N) is 2. The summed E-state index contributed by atoms with van der Waals surface area (Å²) in [5.74, 6) is -0.338. The molecule has 1 aliphatic heterocycles. The highest BCUT2D eigenvalue weighted by Gasteiger charge is 2.38. The Morgan fingerprint density at radius 2 is 2.19 bits per heavy atom. The summed E-state index contributed by atoms with van der Waals surface area (Å²) >= 11 is 0. The molecule has 4 nitrogen and oxygen atoms in total. The molecule has 0 saturated carbocycles. The zero-order chi connectivity index (χ0) is 15.5. The number of halogens is 1. The molecule has 1 heterocycles. The number of nitrogens with zero attached hydrogens (tertiary/aromatic N) is 1. The van der Waals surface area contributed by atoms with E-state index < -0.39 is 5.54 Å². The van der Waals surface area contributed by atoms with E-state index in [9.17, 15) is 9.18 Å². The van der Waals surface area contributed by atoms with Gasteiger partial charge in [0, 0.05) is 19.6 Å². The van der Waals surface area contributed by atoms with E-state index in [0.29, 0.717) is 25.3 Å². The van der Waals surface area contributed by atoms with E-state index in [1.807, 2.05) is 24.8 Å². The molecule has 0 atom stereocenters. The molecule has 1 amide bonds. The topological polar surface area (TPSA) is 44.4 Å². The summed E-state index contributed by atoms with van der Waals surface area (Å²) in [5, 5.41) is 6.08. The highest BCUT2D eigenvalue weighted by atomic mass is 19.1.